The second-order valence-corrected chi connectivity index (χ2v) is 4.82. The fourth-order valence-electron chi connectivity index (χ4n) is 1.03. The normalized spacial score (nSPS) is 11.6. The number of hydrogen-bond donors (Lipinski definition) is 0. The topological polar surface area (TPSA) is 95.1 Å². The first-order valence-corrected chi connectivity index (χ1v) is 5.52. The van der Waals surface area contributed by atoms with Gasteiger partial charge >= 0.3 is 5.69 Å². The zero-order valence-electron chi connectivity index (χ0n) is 7.88. The van der Waals surface area contributed by atoms with Gasteiger partial charge < -0.3 is 0 Å². The number of hydrogen-bond acceptors (Lipinski definition) is 5. The van der Waals surface area contributed by atoms with Gasteiger partial charge in [-0.1, -0.05) is 0 Å². The van der Waals surface area contributed by atoms with Crippen molar-refractivity contribution in [3.05, 3.63) is 15.8 Å². The van der Waals surface area contributed by atoms with Crippen LogP contribution in [0.25, 0.3) is 0 Å². The summed E-state index contributed by atoms with van der Waals surface area (Å²) in [6.07, 6.45) is 0.891. The number of aryl methyl sites for hydroxylation is 1. The number of nitro groups is 1. The van der Waals surface area contributed by atoms with Crippen LogP contribution in [0.5, 0.6) is 0 Å². The summed E-state index contributed by atoms with van der Waals surface area (Å²) in [5.41, 5.74) is -0.231. The Morgan fingerprint density at radius 1 is 1.50 bits per heavy atom. The Hall–Kier alpha value is -1.44. The van der Waals surface area contributed by atoms with E-state index in [4.69, 9.17) is 0 Å². The highest BCUT2D eigenvalue weighted by molar-refractivity contribution is 7.90. The van der Waals surface area contributed by atoms with Gasteiger partial charge in [0.25, 0.3) is 5.03 Å². The fourth-order valence-corrected chi connectivity index (χ4v) is 1.87. The van der Waals surface area contributed by atoms with E-state index in [0.717, 1.165) is 6.26 Å². The molecular weight excluding hydrogens is 210 g/mol. The molecule has 1 aromatic rings. The largest absolute Gasteiger partial charge is 0.328 e. The molecule has 0 aliphatic rings. The second kappa shape index (κ2) is 3.05. The van der Waals surface area contributed by atoms with Crippen molar-refractivity contribution in [3.8, 4) is 0 Å². The van der Waals surface area contributed by atoms with Crippen LogP contribution in [0.15, 0.2) is 5.03 Å². The first kappa shape index (κ1) is 10.6. The van der Waals surface area contributed by atoms with E-state index in [9.17, 15) is 18.5 Å². The number of rotatable bonds is 2. The Morgan fingerprint density at radius 2 is 2.00 bits per heavy atom. The third kappa shape index (κ3) is 1.60. The first-order chi connectivity index (χ1) is 6.25. The summed E-state index contributed by atoms with van der Waals surface area (Å²) in [5, 5.41) is 13.7. The van der Waals surface area contributed by atoms with Crippen LogP contribution in [0, 0.1) is 17.0 Å². The van der Waals surface area contributed by atoms with Crippen LogP contribution in [-0.2, 0) is 16.9 Å². The van der Waals surface area contributed by atoms with Crippen molar-refractivity contribution in [2.24, 2.45) is 7.05 Å². The van der Waals surface area contributed by atoms with E-state index in [1.165, 1.54) is 18.7 Å². The van der Waals surface area contributed by atoms with Crippen LogP contribution in [0.1, 0.15) is 5.69 Å². The number of aromatic nitrogens is 2. The lowest BCUT2D eigenvalue weighted by atomic mass is 10.4. The Kier molecular flexibility index (Phi) is 2.32. The lowest BCUT2D eigenvalue weighted by molar-refractivity contribution is -0.388. The van der Waals surface area contributed by atoms with E-state index < -0.39 is 25.5 Å². The van der Waals surface area contributed by atoms with Crippen molar-refractivity contribution in [2.45, 2.75) is 11.9 Å². The maximum absolute atomic E-state index is 11.1. The summed E-state index contributed by atoms with van der Waals surface area (Å²) < 4.78 is 23.5. The van der Waals surface area contributed by atoms with Crippen LogP contribution in [0.2, 0.25) is 0 Å². The number of nitrogens with zero attached hydrogens (tertiary/aromatic N) is 3. The summed E-state index contributed by atoms with van der Waals surface area (Å²) in [6, 6.07) is 0. The molecule has 1 heterocycles. The molecule has 0 aliphatic heterocycles. The minimum Gasteiger partial charge on any atom is -0.264 e. The third-order valence-electron chi connectivity index (χ3n) is 1.81. The van der Waals surface area contributed by atoms with Gasteiger partial charge in [0, 0.05) is 13.3 Å². The molecule has 0 atom stereocenters. The smallest absolute Gasteiger partial charge is 0.264 e. The molecule has 0 radical (unpaired) electrons. The molecule has 1 aromatic heterocycles. The summed E-state index contributed by atoms with van der Waals surface area (Å²) in [5.74, 6) is 0. The van der Waals surface area contributed by atoms with Gasteiger partial charge in [-0.05, 0) is 6.92 Å². The van der Waals surface area contributed by atoms with Crippen LogP contribution < -0.4 is 0 Å². The van der Waals surface area contributed by atoms with Crippen LogP contribution in [0.4, 0.5) is 5.69 Å². The van der Waals surface area contributed by atoms with Gasteiger partial charge in [0.2, 0.25) is 9.84 Å². The van der Waals surface area contributed by atoms with Crippen molar-refractivity contribution >= 4 is 15.5 Å². The summed E-state index contributed by atoms with van der Waals surface area (Å²) in [6.45, 7) is 1.44. The molecule has 0 bridgehead atoms. The predicted molar refractivity (Wildman–Crippen MR) is 47.7 cm³/mol. The average Bonchev–Trinajstić information content (AvgIpc) is 2.27. The van der Waals surface area contributed by atoms with Crippen molar-refractivity contribution in [2.75, 3.05) is 6.26 Å². The van der Waals surface area contributed by atoms with Crippen LogP contribution in [0.3, 0.4) is 0 Å². The standard InChI is InChI=1S/C6H9N3O4S/c1-4-5(9(10)11)6(7-8(4)2)14(3,12)13/h1-3H3. The van der Waals surface area contributed by atoms with Crippen LogP contribution >= 0.6 is 0 Å². The molecule has 0 unspecified atom stereocenters. The second-order valence-electron chi connectivity index (χ2n) is 2.89. The third-order valence-corrected chi connectivity index (χ3v) is 2.78. The summed E-state index contributed by atoms with van der Waals surface area (Å²) >= 11 is 0. The predicted octanol–water partition coefficient (Wildman–Crippen LogP) is 0.0402. The summed E-state index contributed by atoms with van der Waals surface area (Å²) in [4.78, 5) is 9.85. The van der Waals surface area contributed by atoms with E-state index in [0.29, 0.717) is 0 Å². The van der Waals surface area contributed by atoms with Gasteiger partial charge in [0.15, 0.2) is 0 Å². The van der Waals surface area contributed by atoms with Gasteiger partial charge in [-0.2, -0.15) is 5.10 Å². The van der Waals surface area contributed by atoms with E-state index in [1.807, 2.05) is 0 Å². The molecule has 78 valence electrons. The Morgan fingerprint density at radius 3 is 2.29 bits per heavy atom. The Bertz CT molecular complexity index is 487. The monoisotopic (exact) mass is 219 g/mol. The van der Waals surface area contributed by atoms with Gasteiger partial charge in [-0.15, -0.1) is 0 Å². The van der Waals surface area contributed by atoms with Gasteiger partial charge in [-0.25, -0.2) is 8.42 Å². The van der Waals surface area contributed by atoms with Crippen molar-refractivity contribution in [1.29, 1.82) is 0 Å². The van der Waals surface area contributed by atoms with Crippen molar-refractivity contribution < 1.29 is 13.3 Å². The highest BCUT2D eigenvalue weighted by Crippen LogP contribution is 2.25. The van der Waals surface area contributed by atoms with Gasteiger partial charge in [-0.3, -0.25) is 14.8 Å². The molecule has 0 fully saturated rings. The minimum absolute atomic E-state index is 0.218. The Labute approximate surface area is 80.4 Å². The van der Waals surface area contributed by atoms with E-state index in [2.05, 4.69) is 5.10 Å². The molecule has 14 heavy (non-hydrogen) atoms. The zero-order chi connectivity index (χ0) is 11.1. The fraction of sp³-hybridized carbons (Fsp3) is 0.500. The molecule has 0 aromatic carbocycles. The van der Waals surface area contributed by atoms with E-state index in [-0.39, 0.29) is 5.69 Å². The highest BCUT2D eigenvalue weighted by atomic mass is 32.2. The van der Waals surface area contributed by atoms with E-state index >= 15 is 0 Å². The van der Waals surface area contributed by atoms with Crippen molar-refractivity contribution in [1.82, 2.24) is 9.78 Å². The van der Waals surface area contributed by atoms with Crippen molar-refractivity contribution in [3.63, 3.8) is 0 Å². The molecule has 7 nitrogen and oxygen atoms in total. The molecule has 0 spiro atoms. The molecule has 0 aliphatic carbocycles. The molecule has 0 saturated heterocycles. The minimum atomic E-state index is -3.65. The first-order valence-electron chi connectivity index (χ1n) is 3.63. The molecule has 1 rings (SSSR count). The lowest BCUT2D eigenvalue weighted by Gasteiger charge is -1.91. The quantitative estimate of drug-likeness (QED) is 0.517. The molecule has 8 heteroatoms. The SMILES string of the molecule is Cc1c([N+](=O)[O-])c(S(C)(=O)=O)nn1C. The van der Waals surface area contributed by atoms with Gasteiger partial charge in [0.1, 0.15) is 5.69 Å². The molecule has 0 saturated carbocycles. The Balaban J connectivity index is 3.62. The van der Waals surface area contributed by atoms with Crippen LogP contribution in [-0.4, -0.2) is 29.4 Å². The maximum Gasteiger partial charge on any atom is 0.328 e. The lowest BCUT2D eigenvalue weighted by Crippen LogP contribution is -2.02. The molecule has 0 N–H and O–H groups in total. The number of sulfone groups is 1. The maximum atomic E-state index is 11.1. The molecular formula is C6H9N3O4S. The van der Waals surface area contributed by atoms with Gasteiger partial charge in [0.05, 0.1) is 4.92 Å². The zero-order valence-corrected chi connectivity index (χ0v) is 8.70. The molecule has 0 amide bonds. The van der Waals surface area contributed by atoms with E-state index in [1.54, 1.807) is 0 Å². The highest BCUT2D eigenvalue weighted by Gasteiger charge is 2.30. The summed E-state index contributed by atoms with van der Waals surface area (Å²) in [7, 11) is -2.20. The average molecular weight is 219 g/mol.